The number of aliphatic carboxylic acids is 1. The molecule has 2 heterocycles. The van der Waals surface area contributed by atoms with E-state index in [1.165, 1.54) is 0 Å². The van der Waals surface area contributed by atoms with Crippen LogP contribution < -0.4 is 0 Å². The van der Waals surface area contributed by atoms with E-state index >= 15 is 0 Å². The van der Waals surface area contributed by atoms with E-state index in [1.807, 2.05) is 13.8 Å². The summed E-state index contributed by atoms with van der Waals surface area (Å²) in [6.07, 6.45) is 1.49. The third-order valence-corrected chi connectivity index (χ3v) is 3.73. The molecule has 0 radical (unpaired) electrons. The summed E-state index contributed by atoms with van der Waals surface area (Å²) >= 11 is 0. The Kier molecular flexibility index (Phi) is 4.29. The Labute approximate surface area is 113 Å². The van der Waals surface area contributed by atoms with Crippen molar-refractivity contribution in [1.82, 2.24) is 9.80 Å². The van der Waals surface area contributed by atoms with Gasteiger partial charge in [-0.05, 0) is 26.7 Å². The minimum absolute atomic E-state index is 0.0350. The largest absolute Gasteiger partial charge is 0.481 e. The molecule has 2 unspecified atom stereocenters. The maximum absolute atomic E-state index is 12.4. The van der Waals surface area contributed by atoms with Gasteiger partial charge in [-0.2, -0.15) is 0 Å². The summed E-state index contributed by atoms with van der Waals surface area (Å²) in [5.74, 6) is -1.23. The second-order valence-electron chi connectivity index (χ2n) is 5.57. The molecule has 0 aromatic carbocycles. The second kappa shape index (κ2) is 5.77. The normalized spacial score (nSPS) is 32.2. The van der Waals surface area contributed by atoms with Crippen molar-refractivity contribution in [3.8, 4) is 0 Å². The van der Waals surface area contributed by atoms with Crippen LogP contribution in [0.4, 0.5) is 4.79 Å². The minimum atomic E-state index is -0.804. The van der Waals surface area contributed by atoms with Gasteiger partial charge in [-0.25, -0.2) is 4.79 Å². The quantitative estimate of drug-likeness (QED) is 0.772. The Hall–Kier alpha value is -1.30. The van der Waals surface area contributed by atoms with Crippen molar-refractivity contribution in [1.29, 1.82) is 0 Å². The average molecular weight is 270 g/mol. The van der Waals surface area contributed by atoms with E-state index in [2.05, 4.69) is 0 Å². The topological polar surface area (TPSA) is 70.1 Å². The SMILES string of the molecule is CC1CN(C(=O)N2CCC[C@H](C(=O)O)C2)CC(C)O1. The Morgan fingerprint density at radius 2 is 1.74 bits per heavy atom. The molecule has 2 aliphatic heterocycles. The third kappa shape index (κ3) is 3.37. The standard InChI is InChI=1S/C13H22N2O4/c1-9-6-15(7-10(2)19-9)13(18)14-5-3-4-11(8-14)12(16)17/h9-11H,3-8H2,1-2H3,(H,16,17)/t9?,10?,11-/m0/s1. The van der Waals surface area contributed by atoms with Gasteiger partial charge in [-0.3, -0.25) is 4.79 Å². The Balaban J connectivity index is 1.96. The van der Waals surface area contributed by atoms with Gasteiger partial charge in [0.05, 0.1) is 18.1 Å². The van der Waals surface area contributed by atoms with Gasteiger partial charge < -0.3 is 19.6 Å². The zero-order valence-electron chi connectivity index (χ0n) is 11.5. The van der Waals surface area contributed by atoms with Gasteiger partial charge in [-0.1, -0.05) is 0 Å². The van der Waals surface area contributed by atoms with Gasteiger partial charge in [-0.15, -0.1) is 0 Å². The number of morpholine rings is 1. The van der Waals surface area contributed by atoms with Gasteiger partial charge in [0, 0.05) is 26.2 Å². The van der Waals surface area contributed by atoms with Gasteiger partial charge in [0.15, 0.2) is 0 Å². The number of urea groups is 1. The lowest BCUT2D eigenvalue weighted by Gasteiger charge is -2.40. The summed E-state index contributed by atoms with van der Waals surface area (Å²) in [5.41, 5.74) is 0. The highest BCUT2D eigenvalue weighted by molar-refractivity contribution is 5.76. The third-order valence-electron chi connectivity index (χ3n) is 3.73. The first-order valence-corrected chi connectivity index (χ1v) is 6.89. The van der Waals surface area contributed by atoms with Crippen LogP contribution in [0.1, 0.15) is 26.7 Å². The zero-order chi connectivity index (χ0) is 14.0. The number of hydrogen-bond acceptors (Lipinski definition) is 3. The van der Waals surface area contributed by atoms with Crippen LogP contribution in [0.25, 0.3) is 0 Å². The van der Waals surface area contributed by atoms with Gasteiger partial charge >= 0.3 is 12.0 Å². The number of hydrogen-bond donors (Lipinski definition) is 1. The van der Waals surface area contributed by atoms with E-state index in [1.54, 1.807) is 9.80 Å². The van der Waals surface area contributed by atoms with Crippen molar-refractivity contribution < 1.29 is 19.4 Å². The van der Waals surface area contributed by atoms with E-state index in [0.29, 0.717) is 32.6 Å². The first kappa shape index (κ1) is 14.1. The van der Waals surface area contributed by atoms with Crippen LogP contribution >= 0.6 is 0 Å². The molecule has 19 heavy (non-hydrogen) atoms. The van der Waals surface area contributed by atoms with Crippen molar-refractivity contribution in [3.05, 3.63) is 0 Å². The molecule has 6 heteroatoms. The zero-order valence-corrected chi connectivity index (χ0v) is 11.5. The Morgan fingerprint density at radius 3 is 2.32 bits per heavy atom. The summed E-state index contributed by atoms with van der Waals surface area (Å²) < 4.78 is 5.61. The van der Waals surface area contributed by atoms with Crippen LogP contribution in [0.3, 0.4) is 0 Å². The molecule has 6 nitrogen and oxygen atoms in total. The van der Waals surface area contributed by atoms with Crippen LogP contribution in [0.2, 0.25) is 0 Å². The molecule has 0 aromatic rings. The molecule has 0 aromatic heterocycles. The molecular weight excluding hydrogens is 248 g/mol. The molecule has 0 saturated carbocycles. The average Bonchev–Trinajstić information content (AvgIpc) is 2.37. The number of likely N-dealkylation sites (tertiary alicyclic amines) is 1. The van der Waals surface area contributed by atoms with Crippen LogP contribution in [0, 0.1) is 5.92 Å². The highest BCUT2D eigenvalue weighted by Gasteiger charge is 2.33. The summed E-state index contributed by atoms with van der Waals surface area (Å²) in [6, 6.07) is -0.0482. The smallest absolute Gasteiger partial charge is 0.320 e. The molecule has 3 atom stereocenters. The number of amides is 2. The summed E-state index contributed by atoms with van der Waals surface area (Å²) in [6.45, 7) is 6.05. The second-order valence-corrected chi connectivity index (χ2v) is 5.57. The number of carboxylic acid groups (broad SMARTS) is 1. The van der Waals surface area contributed by atoms with E-state index in [4.69, 9.17) is 9.84 Å². The molecule has 108 valence electrons. The Bertz CT molecular complexity index is 351. The van der Waals surface area contributed by atoms with Crippen LogP contribution in [0.15, 0.2) is 0 Å². The predicted molar refractivity (Wildman–Crippen MR) is 68.9 cm³/mol. The van der Waals surface area contributed by atoms with Crippen LogP contribution in [-0.2, 0) is 9.53 Å². The molecule has 2 fully saturated rings. The number of ether oxygens (including phenoxy) is 1. The number of piperidine rings is 1. The molecule has 2 saturated heterocycles. The molecule has 2 rings (SSSR count). The first-order valence-electron chi connectivity index (χ1n) is 6.89. The molecule has 2 amide bonds. The molecule has 2 aliphatic rings. The fourth-order valence-corrected chi connectivity index (χ4v) is 2.89. The molecule has 0 aliphatic carbocycles. The number of nitrogens with zero attached hydrogens (tertiary/aromatic N) is 2. The number of carbonyl (C=O) groups excluding carboxylic acids is 1. The van der Waals surface area contributed by atoms with Crippen molar-refractivity contribution in [3.63, 3.8) is 0 Å². The first-order chi connectivity index (χ1) is 8.97. The van der Waals surface area contributed by atoms with Gasteiger partial charge in [0.1, 0.15) is 0 Å². The van der Waals surface area contributed by atoms with Crippen molar-refractivity contribution >= 4 is 12.0 Å². The molecular formula is C13H22N2O4. The lowest BCUT2D eigenvalue weighted by molar-refractivity contribution is -0.143. The highest BCUT2D eigenvalue weighted by Crippen LogP contribution is 2.20. The van der Waals surface area contributed by atoms with Crippen LogP contribution in [-0.4, -0.2) is 65.3 Å². The molecule has 0 bridgehead atoms. The minimum Gasteiger partial charge on any atom is -0.481 e. The predicted octanol–water partition coefficient (Wildman–Crippen LogP) is 1.01. The lowest BCUT2D eigenvalue weighted by atomic mass is 9.98. The number of carbonyl (C=O) groups is 2. The van der Waals surface area contributed by atoms with Crippen molar-refractivity contribution in [2.45, 2.75) is 38.9 Å². The maximum Gasteiger partial charge on any atom is 0.320 e. The molecule has 1 N–H and O–H groups in total. The van der Waals surface area contributed by atoms with E-state index in [-0.39, 0.29) is 18.2 Å². The number of rotatable bonds is 1. The van der Waals surface area contributed by atoms with E-state index in [9.17, 15) is 9.59 Å². The lowest BCUT2D eigenvalue weighted by Crippen LogP contribution is -2.55. The van der Waals surface area contributed by atoms with Crippen LogP contribution in [0.5, 0.6) is 0 Å². The van der Waals surface area contributed by atoms with Gasteiger partial charge in [0.25, 0.3) is 0 Å². The number of carboxylic acids is 1. The summed E-state index contributed by atoms with van der Waals surface area (Å²) in [7, 11) is 0. The summed E-state index contributed by atoms with van der Waals surface area (Å²) in [5, 5.41) is 9.06. The van der Waals surface area contributed by atoms with Gasteiger partial charge in [0.2, 0.25) is 0 Å². The van der Waals surface area contributed by atoms with Crippen molar-refractivity contribution in [2.24, 2.45) is 5.92 Å². The van der Waals surface area contributed by atoms with Crippen molar-refractivity contribution in [2.75, 3.05) is 26.2 Å². The Morgan fingerprint density at radius 1 is 1.11 bits per heavy atom. The van der Waals surface area contributed by atoms with E-state index < -0.39 is 11.9 Å². The van der Waals surface area contributed by atoms with E-state index in [0.717, 1.165) is 6.42 Å². The summed E-state index contributed by atoms with van der Waals surface area (Å²) in [4.78, 5) is 26.9. The fraction of sp³-hybridized carbons (Fsp3) is 0.846. The molecule has 0 spiro atoms. The highest BCUT2D eigenvalue weighted by atomic mass is 16.5. The maximum atomic E-state index is 12.4. The fourth-order valence-electron chi connectivity index (χ4n) is 2.89. The monoisotopic (exact) mass is 270 g/mol.